The Bertz CT molecular complexity index is 877. The number of phenols is 1. The second-order valence-electron chi connectivity index (χ2n) is 4.66. The van der Waals surface area contributed by atoms with E-state index >= 15 is 0 Å². The molecule has 0 aliphatic rings. The number of carboxylic acid groups (broad SMARTS) is 1. The molecule has 0 bridgehead atoms. The maximum Gasteiger partial charge on any atom is 0.335 e. The fourth-order valence-corrected chi connectivity index (χ4v) is 2.16. The standard InChI is InChI=1S/C16H12N2O4/c1-22-14-7-9(16(20)21)2-4-12(14)15-17-8-10-6-11(19)3-5-13(10)18-15/h2-8,19H,1H3,(H,20,21). The average Bonchev–Trinajstić information content (AvgIpc) is 2.53. The van der Waals surface area contributed by atoms with Crippen molar-refractivity contribution in [2.45, 2.75) is 0 Å². The van der Waals surface area contributed by atoms with Crippen molar-refractivity contribution in [2.75, 3.05) is 7.11 Å². The van der Waals surface area contributed by atoms with Gasteiger partial charge in [-0.2, -0.15) is 0 Å². The molecule has 22 heavy (non-hydrogen) atoms. The fourth-order valence-electron chi connectivity index (χ4n) is 2.16. The molecule has 0 spiro atoms. The molecule has 0 atom stereocenters. The summed E-state index contributed by atoms with van der Waals surface area (Å²) in [6.07, 6.45) is 1.60. The fraction of sp³-hybridized carbons (Fsp3) is 0.0625. The maximum atomic E-state index is 11.0. The third kappa shape index (κ3) is 2.42. The highest BCUT2D eigenvalue weighted by Crippen LogP contribution is 2.29. The molecule has 6 nitrogen and oxygen atoms in total. The first-order chi connectivity index (χ1) is 10.6. The first-order valence-corrected chi connectivity index (χ1v) is 6.46. The van der Waals surface area contributed by atoms with Gasteiger partial charge in [0.2, 0.25) is 0 Å². The van der Waals surface area contributed by atoms with Gasteiger partial charge in [-0.3, -0.25) is 0 Å². The lowest BCUT2D eigenvalue weighted by Gasteiger charge is -2.09. The molecule has 110 valence electrons. The number of hydrogen-bond acceptors (Lipinski definition) is 5. The van der Waals surface area contributed by atoms with Crippen LogP contribution in [0.15, 0.2) is 42.6 Å². The van der Waals surface area contributed by atoms with Gasteiger partial charge in [0.05, 0.1) is 23.8 Å². The van der Waals surface area contributed by atoms with Crippen molar-refractivity contribution in [3.05, 3.63) is 48.2 Å². The van der Waals surface area contributed by atoms with E-state index in [1.807, 2.05) is 0 Å². The number of carbonyl (C=O) groups is 1. The van der Waals surface area contributed by atoms with E-state index in [-0.39, 0.29) is 11.3 Å². The molecule has 6 heteroatoms. The number of methoxy groups -OCH3 is 1. The Morgan fingerprint density at radius 2 is 2.00 bits per heavy atom. The van der Waals surface area contributed by atoms with Gasteiger partial charge >= 0.3 is 5.97 Å². The van der Waals surface area contributed by atoms with Crippen LogP contribution < -0.4 is 4.74 Å². The Morgan fingerprint density at radius 1 is 1.18 bits per heavy atom. The SMILES string of the molecule is COc1cc(C(=O)O)ccc1-c1ncc2cc(O)ccc2n1. The molecular formula is C16H12N2O4. The topological polar surface area (TPSA) is 92.5 Å². The third-order valence-corrected chi connectivity index (χ3v) is 3.25. The summed E-state index contributed by atoms with van der Waals surface area (Å²) in [7, 11) is 1.46. The van der Waals surface area contributed by atoms with Crippen LogP contribution in [-0.4, -0.2) is 33.3 Å². The summed E-state index contributed by atoms with van der Waals surface area (Å²) in [5.41, 5.74) is 1.40. The van der Waals surface area contributed by atoms with Gasteiger partial charge in [-0.05, 0) is 36.4 Å². The smallest absolute Gasteiger partial charge is 0.335 e. The summed E-state index contributed by atoms with van der Waals surface area (Å²) in [4.78, 5) is 19.7. The highest BCUT2D eigenvalue weighted by Gasteiger charge is 2.13. The number of aromatic carboxylic acids is 1. The zero-order valence-electron chi connectivity index (χ0n) is 11.6. The van der Waals surface area contributed by atoms with Crippen molar-refractivity contribution in [1.82, 2.24) is 9.97 Å². The second-order valence-corrected chi connectivity index (χ2v) is 4.66. The van der Waals surface area contributed by atoms with E-state index in [0.717, 1.165) is 0 Å². The molecule has 1 heterocycles. The van der Waals surface area contributed by atoms with E-state index in [1.165, 1.54) is 19.2 Å². The molecule has 0 aliphatic carbocycles. The summed E-state index contributed by atoms with van der Waals surface area (Å²) in [6, 6.07) is 9.33. The van der Waals surface area contributed by atoms with Crippen LogP contribution in [-0.2, 0) is 0 Å². The second kappa shape index (κ2) is 5.33. The molecule has 0 aliphatic heterocycles. The van der Waals surface area contributed by atoms with E-state index in [1.54, 1.807) is 30.5 Å². The molecule has 2 aromatic carbocycles. The number of nitrogens with zero attached hydrogens (tertiary/aromatic N) is 2. The Morgan fingerprint density at radius 3 is 2.73 bits per heavy atom. The van der Waals surface area contributed by atoms with E-state index in [4.69, 9.17) is 9.84 Å². The molecule has 1 aromatic heterocycles. The molecule has 0 saturated carbocycles. The van der Waals surface area contributed by atoms with E-state index in [2.05, 4.69) is 9.97 Å². The van der Waals surface area contributed by atoms with Crippen molar-refractivity contribution in [1.29, 1.82) is 0 Å². The van der Waals surface area contributed by atoms with E-state index in [0.29, 0.717) is 28.0 Å². The molecular weight excluding hydrogens is 284 g/mol. The van der Waals surface area contributed by atoms with Gasteiger partial charge in [0.1, 0.15) is 11.5 Å². The highest BCUT2D eigenvalue weighted by atomic mass is 16.5. The van der Waals surface area contributed by atoms with Crippen molar-refractivity contribution in [2.24, 2.45) is 0 Å². The number of benzene rings is 2. The maximum absolute atomic E-state index is 11.0. The number of rotatable bonds is 3. The number of aromatic nitrogens is 2. The molecule has 2 N–H and O–H groups in total. The molecule has 0 saturated heterocycles. The van der Waals surface area contributed by atoms with Crippen molar-refractivity contribution in [3.63, 3.8) is 0 Å². The Kier molecular flexibility index (Phi) is 3.34. The summed E-state index contributed by atoms with van der Waals surface area (Å²) < 4.78 is 5.24. The zero-order valence-corrected chi connectivity index (χ0v) is 11.6. The van der Waals surface area contributed by atoms with E-state index < -0.39 is 5.97 Å². The molecule has 0 unspecified atom stereocenters. The third-order valence-electron chi connectivity index (χ3n) is 3.25. The number of hydrogen-bond donors (Lipinski definition) is 2. The van der Waals surface area contributed by atoms with Crippen LogP contribution >= 0.6 is 0 Å². The van der Waals surface area contributed by atoms with Gasteiger partial charge in [-0.15, -0.1) is 0 Å². The van der Waals surface area contributed by atoms with Gasteiger partial charge in [-0.25, -0.2) is 14.8 Å². The van der Waals surface area contributed by atoms with Crippen LogP contribution in [0.1, 0.15) is 10.4 Å². The van der Waals surface area contributed by atoms with Crippen LogP contribution in [0.5, 0.6) is 11.5 Å². The van der Waals surface area contributed by atoms with Crippen LogP contribution in [0.25, 0.3) is 22.3 Å². The minimum Gasteiger partial charge on any atom is -0.508 e. The quantitative estimate of drug-likeness (QED) is 0.772. The predicted molar refractivity (Wildman–Crippen MR) is 80.2 cm³/mol. The predicted octanol–water partition coefficient (Wildman–Crippen LogP) is 2.71. The Hall–Kier alpha value is -3.15. The minimum atomic E-state index is -1.03. The first-order valence-electron chi connectivity index (χ1n) is 6.46. The van der Waals surface area contributed by atoms with Crippen LogP contribution in [0, 0.1) is 0 Å². The van der Waals surface area contributed by atoms with Gasteiger partial charge in [-0.1, -0.05) is 0 Å². The number of carboxylic acids is 1. The lowest BCUT2D eigenvalue weighted by Crippen LogP contribution is -1.99. The number of ether oxygens (including phenoxy) is 1. The largest absolute Gasteiger partial charge is 0.508 e. The molecule has 0 amide bonds. The molecule has 3 rings (SSSR count). The summed E-state index contributed by atoms with van der Waals surface area (Å²) in [6.45, 7) is 0. The number of fused-ring (bicyclic) bond motifs is 1. The van der Waals surface area contributed by atoms with Crippen LogP contribution in [0.4, 0.5) is 0 Å². The monoisotopic (exact) mass is 296 g/mol. The highest BCUT2D eigenvalue weighted by molar-refractivity contribution is 5.89. The minimum absolute atomic E-state index is 0.131. The Balaban J connectivity index is 2.14. The number of phenolic OH excluding ortho intramolecular Hbond substituents is 1. The summed E-state index contributed by atoms with van der Waals surface area (Å²) in [5.74, 6) is -0.0722. The van der Waals surface area contributed by atoms with Gasteiger partial charge in [0, 0.05) is 11.6 Å². The summed E-state index contributed by atoms with van der Waals surface area (Å²) >= 11 is 0. The van der Waals surface area contributed by atoms with Gasteiger partial charge in [0.15, 0.2) is 5.82 Å². The normalized spacial score (nSPS) is 10.6. The van der Waals surface area contributed by atoms with E-state index in [9.17, 15) is 9.90 Å². The van der Waals surface area contributed by atoms with Crippen molar-refractivity contribution >= 4 is 16.9 Å². The first kappa shape index (κ1) is 13.8. The average molecular weight is 296 g/mol. The zero-order chi connectivity index (χ0) is 15.7. The van der Waals surface area contributed by atoms with Crippen molar-refractivity contribution < 1.29 is 19.7 Å². The molecule has 0 radical (unpaired) electrons. The lowest BCUT2D eigenvalue weighted by atomic mass is 10.1. The van der Waals surface area contributed by atoms with Gasteiger partial charge < -0.3 is 14.9 Å². The molecule has 0 fully saturated rings. The lowest BCUT2D eigenvalue weighted by molar-refractivity contribution is 0.0696. The van der Waals surface area contributed by atoms with Crippen LogP contribution in [0.2, 0.25) is 0 Å². The van der Waals surface area contributed by atoms with Crippen LogP contribution in [0.3, 0.4) is 0 Å². The van der Waals surface area contributed by atoms with Crippen molar-refractivity contribution in [3.8, 4) is 22.9 Å². The number of aromatic hydroxyl groups is 1. The van der Waals surface area contributed by atoms with Gasteiger partial charge in [0.25, 0.3) is 0 Å². The molecule has 3 aromatic rings. The Labute approximate surface area is 125 Å². The summed E-state index contributed by atoms with van der Waals surface area (Å²) in [5, 5.41) is 19.2.